The van der Waals surface area contributed by atoms with E-state index < -0.39 is 0 Å². The van der Waals surface area contributed by atoms with Gasteiger partial charge in [0, 0.05) is 22.5 Å². The molecule has 2 nitrogen and oxygen atoms in total. The lowest BCUT2D eigenvalue weighted by atomic mass is 10.0. The second kappa shape index (κ2) is 6.10. The van der Waals surface area contributed by atoms with Crippen LogP contribution in [0.25, 0.3) is 0 Å². The summed E-state index contributed by atoms with van der Waals surface area (Å²) in [6, 6.07) is 6.40. The molecule has 2 unspecified atom stereocenters. The molecule has 0 amide bonds. The molecule has 0 spiro atoms. The molecule has 0 radical (unpaired) electrons. The SMILES string of the molecule is CCC(O)CNC1CCSc2ccc(Cl)cc21. The van der Waals surface area contributed by atoms with Crippen molar-refractivity contribution in [1.29, 1.82) is 0 Å². The molecule has 94 valence electrons. The van der Waals surface area contributed by atoms with Crippen molar-refractivity contribution in [3.8, 4) is 0 Å². The summed E-state index contributed by atoms with van der Waals surface area (Å²) in [7, 11) is 0. The van der Waals surface area contributed by atoms with Crippen LogP contribution in [0.3, 0.4) is 0 Å². The van der Waals surface area contributed by atoms with Crippen LogP contribution in [-0.2, 0) is 0 Å². The van der Waals surface area contributed by atoms with Crippen LogP contribution in [-0.4, -0.2) is 23.5 Å². The maximum Gasteiger partial charge on any atom is 0.0662 e. The standard InChI is InChI=1S/C13H18ClNOS/c1-2-10(16)8-15-12-5-6-17-13-4-3-9(14)7-11(12)13/h3-4,7,10,12,15-16H,2,5-6,8H2,1H3. The Morgan fingerprint density at radius 3 is 3.18 bits per heavy atom. The van der Waals surface area contributed by atoms with E-state index in [-0.39, 0.29) is 6.10 Å². The molecule has 1 aliphatic rings. The lowest BCUT2D eigenvalue weighted by Gasteiger charge is -2.27. The van der Waals surface area contributed by atoms with Crippen molar-refractivity contribution in [3.63, 3.8) is 0 Å². The van der Waals surface area contributed by atoms with Gasteiger partial charge in [0.2, 0.25) is 0 Å². The van der Waals surface area contributed by atoms with Crippen molar-refractivity contribution in [3.05, 3.63) is 28.8 Å². The van der Waals surface area contributed by atoms with Crippen LogP contribution in [0.2, 0.25) is 5.02 Å². The predicted octanol–water partition coefficient (Wildman–Crippen LogP) is 3.24. The van der Waals surface area contributed by atoms with E-state index in [2.05, 4.69) is 11.4 Å². The molecule has 1 aliphatic heterocycles. The molecule has 0 aliphatic carbocycles. The number of aliphatic hydroxyl groups is 1. The van der Waals surface area contributed by atoms with Gasteiger partial charge < -0.3 is 10.4 Å². The Morgan fingerprint density at radius 1 is 1.59 bits per heavy atom. The minimum Gasteiger partial charge on any atom is -0.392 e. The van der Waals surface area contributed by atoms with Crippen molar-refractivity contribution in [1.82, 2.24) is 5.32 Å². The summed E-state index contributed by atoms with van der Waals surface area (Å²) in [4.78, 5) is 1.31. The largest absolute Gasteiger partial charge is 0.392 e. The maximum absolute atomic E-state index is 9.60. The van der Waals surface area contributed by atoms with Crippen LogP contribution in [0.1, 0.15) is 31.4 Å². The van der Waals surface area contributed by atoms with E-state index >= 15 is 0 Å². The van der Waals surface area contributed by atoms with Gasteiger partial charge in [-0.05, 0) is 42.4 Å². The smallest absolute Gasteiger partial charge is 0.0662 e. The number of benzene rings is 1. The Hall–Kier alpha value is -0.220. The molecule has 17 heavy (non-hydrogen) atoms. The second-order valence-corrected chi connectivity index (χ2v) is 5.92. The van der Waals surface area contributed by atoms with Crippen LogP contribution in [0, 0.1) is 0 Å². The van der Waals surface area contributed by atoms with Crippen molar-refractivity contribution in [2.45, 2.75) is 36.8 Å². The number of thioether (sulfide) groups is 1. The van der Waals surface area contributed by atoms with Gasteiger partial charge in [0.15, 0.2) is 0 Å². The highest BCUT2D eigenvalue weighted by Crippen LogP contribution is 2.37. The highest BCUT2D eigenvalue weighted by molar-refractivity contribution is 7.99. The van der Waals surface area contributed by atoms with Gasteiger partial charge in [0.05, 0.1) is 6.10 Å². The van der Waals surface area contributed by atoms with Crippen LogP contribution in [0.4, 0.5) is 0 Å². The first kappa shape index (κ1) is 13.2. The molecule has 2 rings (SSSR count). The number of hydrogen-bond donors (Lipinski definition) is 2. The van der Waals surface area contributed by atoms with Gasteiger partial charge in [-0.25, -0.2) is 0 Å². The third kappa shape index (κ3) is 3.38. The lowest BCUT2D eigenvalue weighted by Crippen LogP contribution is -2.31. The average molecular weight is 272 g/mol. The minimum absolute atomic E-state index is 0.257. The van der Waals surface area contributed by atoms with Crippen LogP contribution in [0.5, 0.6) is 0 Å². The van der Waals surface area contributed by atoms with E-state index in [0.717, 1.165) is 23.6 Å². The van der Waals surface area contributed by atoms with Crippen LogP contribution in [0.15, 0.2) is 23.1 Å². The molecule has 0 saturated heterocycles. The second-order valence-electron chi connectivity index (χ2n) is 4.34. The Bertz CT molecular complexity index is 386. The monoisotopic (exact) mass is 271 g/mol. The minimum atomic E-state index is -0.257. The zero-order valence-electron chi connectivity index (χ0n) is 9.95. The van der Waals surface area contributed by atoms with Gasteiger partial charge in [-0.1, -0.05) is 18.5 Å². The summed E-state index contributed by atoms with van der Waals surface area (Å²) in [5.41, 5.74) is 1.28. The number of halogens is 1. The molecule has 2 N–H and O–H groups in total. The van der Waals surface area contributed by atoms with E-state index in [1.165, 1.54) is 10.5 Å². The normalized spacial score (nSPS) is 21.0. The molecule has 1 aromatic carbocycles. The molecule has 0 saturated carbocycles. The van der Waals surface area contributed by atoms with E-state index in [4.69, 9.17) is 11.6 Å². The van der Waals surface area contributed by atoms with E-state index in [0.29, 0.717) is 12.6 Å². The van der Waals surface area contributed by atoms with Gasteiger partial charge in [-0.3, -0.25) is 0 Å². The topological polar surface area (TPSA) is 32.3 Å². The molecular weight excluding hydrogens is 254 g/mol. The van der Waals surface area contributed by atoms with Crippen LogP contribution >= 0.6 is 23.4 Å². The summed E-state index contributed by atoms with van der Waals surface area (Å²) in [6.07, 6.45) is 1.62. The summed E-state index contributed by atoms with van der Waals surface area (Å²) in [6.45, 7) is 2.64. The Kier molecular flexibility index (Phi) is 4.74. The molecule has 0 fully saturated rings. The lowest BCUT2D eigenvalue weighted by molar-refractivity contribution is 0.162. The zero-order chi connectivity index (χ0) is 12.3. The third-order valence-corrected chi connectivity index (χ3v) is 4.44. The third-order valence-electron chi connectivity index (χ3n) is 3.08. The van der Waals surface area contributed by atoms with Gasteiger partial charge in [-0.15, -0.1) is 11.8 Å². The van der Waals surface area contributed by atoms with Crippen molar-refractivity contribution >= 4 is 23.4 Å². The molecule has 0 bridgehead atoms. The van der Waals surface area contributed by atoms with Gasteiger partial charge in [0.1, 0.15) is 0 Å². The Morgan fingerprint density at radius 2 is 2.41 bits per heavy atom. The summed E-state index contributed by atoms with van der Waals surface area (Å²) < 4.78 is 0. The number of nitrogens with one attached hydrogen (secondary N) is 1. The summed E-state index contributed by atoms with van der Waals surface area (Å²) in [5.74, 6) is 1.12. The highest BCUT2D eigenvalue weighted by atomic mass is 35.5. The number of aliphatic hydroxyl groups excluding tert-OH is 1. The predicted molar refractivity (Wildman–Crippen MR) is 73.8 cm³/mol. The van der Waals surface area contributed by atoms with Crippen molar-refractivity contribution in [2.24, 2.45) is 0 Å². The Balaban J connectivity index is 2.08. The molecule has 2 atom stereocenters. The van der Waals surface area contributed by atoms with Gasteiger partial charge >= 0.3 is 0 Å². The van der Waals surface area contributed by atoms with E-state index in [9.17, 15) is 5.11 Å². The van der Waals surface area contributed by atoms with Crippen molar-refractivity contribution in [2.75, 3.05) is 12.3 Å². The molecule has 1 aromatic rings. The zero-order valence-corrected chi connectivity index (χ0v) is 11.5. The van der Waals surface area contributed by atoms with Gasteiger partial charge in [0.25, 0.3) is 0 Å². The first-order valence-corrected chi connectivity index (χ1v) is 7.40. The summed E-state index contributed by atoms with van der Waals surface area (Å²) in [5, 5.41) is 13.8. The Labute approximate surface area is 112 Å². The summed E-state index contributed by atoms with van der Waals surface area (Å²) >= 11 is 7.93. The first-order chi connectivity index (χ1) is 8.20. The highest BCUT2D eigenvalue weighted by Gasteiger charge is 2.21. The molecular formula is C13H18ClNOS. The fraction of sp³-hybridized carbons (Fsp3) is 0.538. The van der Waals surface area contributed by atoms with E-state index in [1.54, 1.807) is 0 Å². The maximum atomic E-state index is 9.60. The molecule has 1 heterocycles. The van der Waals surface area contributed by atoms with E-state index in [1.807, 2.05) is 30.8 Å². The average Bonchev–Trinajstić information content (AvgIpc) is 2.35. The fourth-order valence-corrected chi connectivity index (χ4v) is 3.29. The number of hydrogen-bond acceptors (Lipinski definition) is 3. The van der Waals surface area contributed by atoms with Crippen LogP contribution < -0.4 is 5.32 Å². The molecule has 0 aromatic heterocycles. The fourth-order valence-electron chi connectivity index (χ4n) is 2.00. The number of fused-ring (bicyclic) bond motifs is 1. The van der Waals surface area contributed by atoms with Crippen molar-refractivity contribution < 1.29 is 5.11 Å². The quantitative estimate of drug-likeness (QED) is 0.882. The van der Waals surface area contributed by atoms with Gasteiger partial charge in [-0.2, -0.15) is 0 Å². The molecule has 4 heteroatoms. The number of rotatable bonds is 4. The first-order valence-electron chi connectivity index (χ1n) is 6.04.